The maximum Gasteiger partial charge on any atom is 0.402 e. The molecule has 0 amide bonds. The molecule has 1 aliphatic rings. The van der Waals surface area contributed by atoms with Gasteiger partial charge in [-0.05, 0) is 25.2 Å². The van der Waals surface area contributed by atoms with Crippen LogP contribution in [0.15, 0.2) is 0 Å². The van der Waals surface area contributed by atoms with Crippen LogP contribution in [-0.2, 0) is 4.74 Å². The molecule has 0 radical (unpaired) electrons. The van der Waals surface area contributed by atoms with E-state index in [0.29, 0.717) is 26.1 Å². The van der Waals surface area contributed by atoms with Gasteiger partial charge < -0.3 is 4.74 Å². The van der Waals surface area contributed by atoms with Crippen LogP contribution in [0.5, 0.6) is 0 Å². The summed E-state index contributed by atoms with van der Waals surface area (Å²) in [6.07, 6.45) is -10.1. The van der Waals surface area contributed by atoms with E-state index < -0.39 is 24.3 Å². The summed E-state index contributed by atoms with van der Waals surface area (Å²) in [5.74, 6) is 1.20. The van der Waals surface area contributed by atoms with Crippen LogP contribution in [0.4, 0.5) is 26.3 Å². The Balaban J connectivity index is 2.78. The van der Waals surface area contributed by atoms with Crippen molar-refractivity contribution in [2.24, 2.45) is 17.7 Å². The van der Waals surface area contributed by atoms with Crippen LogP contribution in [-0.4, -0.2) is 31.6 Å². The first kappa shape index (κ1) is 16.5. The van der Waals surface area contributed by atoms with Gasteiger partial charge >= 0.3 is 12.4 Å². The monoisotopic (exact) mass is 294 g/mol. The fourth-order valence-electron chi connectivity index (χ4n) is 2.28. The van der Waals surface area contributed by atoms with Gasteiger partial charge in [0.05, 0.1) is 0 Å². The number of hydrazine groups is 1. The maximum absolute atomic E-state index is 12.6. The quantitative estimate of drug-likeness (QED) is 0.475. The van der Waals surface area contributed by atoms with Crippen LogP contribution in [0.2, 0.25) is 0 Å². The number of nitrogens with one attached hydrogen (secondary N) is 1. The molecule has 0 saturated carbocycles. The van der Waals surface area contributed by atoms with E-state index in [1.54, 1.807) is 5.43 Å². The molecular formula is C10H16F6N2O. The number of rotatable bonds is 4. The first-order valence-electron chi connectivity index (χ1n) is 5.83. The fraction of sp³-hybridized carbons (Fsp3) is 1.00. The van der Waals surface area contributed by atoms with E-state index in [-0.39, 0.29) is 12.3 Å². The number of alkyl halides is 6. The first-order chi connectivity index (χ1) is 8.66. The molecule has 1 unspecified atom stereocenters. The second-order valence-corrected chi connectivity index (χ2v) is 4.63. The maximum atomic E-state index is 12.6. The molecule has 0 aromatic rings. The SMILES string of the molecule is NNC(CC1CCOCC1)C(C(F)(F)F)C(F)(F)F. The standard InChI is InChI=1S/C10H16F6N2O/c11-9(12,13)8(10(14,15)16)7(18-17)5-6-1-3-19-4-2-6/h6-8,18H,1-5,17H2. The Hall–Kier alpha value is -0.540. The molecule has 0 aromatic carbocycles. The second kappa shape index (κ2) is 6.27. The van der Waals surface area contributed by atoms with E-state index in [9.17, 15) is 26.3 Å². The number of halogens is 6. The third-order valence-electron chi connectivity index (χ3n) is 3.25. The lowest BCUT2D eigenvalue weighted by atomic mass is 9.86. The summed E-state index contributed by atoms with van der Waals surface area (Å²) in [5.41, 5.74) is 1.68. The lowest BCUT2D eigenvalue weighted by molar-refractivity contribution is -0.293. The normalized spacial score (nSPS) is 20.8. The minimum Gasteiger partial charge on any atom is -0.381 e. The van der Waals surface area contributed by atoms with Crippen molar-refractivity contribution in [1.82, 2.24) is 5.43 Å². The average molecular weight is 294 g/mol. The Morgan fingerprint density at radius 1 is 1.05 bits per heavy atom. The van der Waals surface area contributed by atoms with Crippen molar-refractivity contribution < 1.29 is 31.1 Å². The molecule has 114 valence electrons. The molecule has 3 nitrogen and oxygen atoms in total. The summed E-state index contributed by atoms with van der Waals surface area (Å²) < 4.78 is 80.4. The van der Waals surface area contributed by atoms with Gasteiger partial charge in [0.15, 0.2) is 5.92 Å². The molecule has 1 rings (SSSR count). The predicted octanol–water partition coefficient (Wildman–Crippen LogP) is 2.38. The van der Waals surface area contributed by atoms with E-state index in [4.69, 9.17) is 10.6 Å². The topological polar surface area (TPSA) is 47.3 Å². The summed E-state index contributed by atoms with van der Waals surface area (Å²) in [7, 11) is 0. The van der Waals surface area contributed by atoms with Crippen molar-refractivity contribution in [1.29, 1.82) is 0 Å². The van der Waals surface area contributed by atoms with Gasteiger partial charge in [0, 0.05) is 19.3 Å². The third-order valence-corrected chi connectivity index (χ3v) is 3.25. The van der Waals surface area contributed by atoms with Crippen molar-refractivity contribution in [2.45, 2.75) is 37.7 Å². The third kappa shape index (κ3) is 4.81. The fourth-order valence-corrected chi connectivity index (χ4v) is 2.28. The van der Waals surface area contributed by atoms with Crippen LogP contribution in [0.25, 0.3) is 0 Å². The molecular weight excluding hydrogens is 278 g/mol. The van der Waals surface area contributed by atoms with Crippen molar-refractivity contribution in [3.05, 3.63) is 0 Å². The number of hydrogen-bond donors (Lipinski definition) is 2. The number of nitrogens with two attached hydrogens (primary N) is 1. The van der Waals surface area contributed by atoms with Crippen molar-refractivity contribution >= 4 is 0 Å². The largest absolute Gasteiger partial charge is 0.402 e. The van der Waals surface area contributed by atoms with E-state index in [1.807, 2.05) is 0 Å². The molecule has 1 fully saturated rings. The van der Waals surface area contributed by atoms with Crippen LogP contribution in [0, 0.1) is 11.8 Å². The van der Waals surface area contributed by atoms with E-state index in [2.05, 4.69) is 0 Å². The Kier molecular flexibility index (Phi) is 5.45. The summed E-state index contributed by atoms with van der Waals surface area (Å²) in [5, 5.41) is 0. The highest BCUT2D eigenvalue weighted by molar-refractivity contribution is 4.87. The summed E-state index contributed by atoms with van der Waals surface area (Å²) in [6, 6.07) is -1.87. The highest BCUT2D eigenvalue weighted by Gasteiger charge is 2.60. The zero-order chi connectivity index (χ0) is 14.7. The Labute approximate surface area is 106 Å². The summed E-state index contributed by atoms with van der Waals surface area (Å²) >= 11 is 0. The van der Waals surface area contributed by atoms with Gasteiger partial charge in [0.25, 0.3) is 0 Å². The van der Waals surface area contributed by atoms with Gasteiger partial charge in [-0.3, -0.25) is 11.3 Å². The van der Waals surface area contributed by atoms with Crippen LogP contribution >= 0.6 is 0 Å². The first-order valence-corrected chi connectivity index (χ1v) is 5.83. The van der Waals surface area contributed by atoms with Crippen LogP contribution in [0.1, 0.15) is 19.3 Å². The minimum atomic E-state index is -5.37. The second-order valence-electron chi connectivity index (χ2n) is 4.63. The molecule has 1 aliphatic heterocycles. The van der Waals surface area contributed by atoms with E-state index >= 15 is 0 Å². The highest BCUT2D eigenvalue weighted by atomic mass is 19.4. The Morgan fingerprint density at radius 2 is 1.53 bits per heavy atom. The Bertz CT molecular complexity index is 260. The van der Waals surface area contributed by atoms with Crippen molar-refractivity contribution in [2.75, 3.05) is 13.2 Å². The molecule has 0 spiro atoms. The van der Waals surface area contributed by atoms with Crippen molar-refractivity contribution in [3.8, 4) is 0 Å². The van der Waals surface area contributed by atoms with Gasteiger partial charge in [-0.25, -0.2) is 0 Å². The minimum absolute atomic E-state index is 0.248. The average Bonchev–Trinajstić information content (AvgIpc) is 2.25. The predicted molar refractivity (Wildman–Crippen MR) is 54.9 cm³/mol. The molecule has 9 heteroatoms. The summed E-state index contributed by atoms with van der Waals surface area (Å²) in [6.45, 7) is 0.704. The van der Waals surface area contributed by atoms with Crippen LogP contribution < -0.4 is 11.3 Å². The number of hydrogen-bond acceptors (Lipinski definition) is 3. The molecule has 3 N–H and O–H groups in total. The Morgan fingerprint density at radius 3 is 1.89 bits per heavy atom. The molecule has 0 bridgehead atoms. The zero-order valence-electron chi connectivity index (χ0n) is 10.0. The molecule has 1 heterocycles. The lowest BCUT2D eigenvalue weighted by Gasteiger charge is -2.33. The van der Waals surface area contributed by atoms with Crippen LogP contribution in [0.3, 0.4) is 0 Å². The van der Waals surface area contributed by atoms with E-state index in [0.717, 1.165) is 0 Å². The van der Waals surface area contributed by atoms with Gasteiger partial charge in [-0.15, -0.1) is 0 Å². The van der Waals surface area contributed by atoms with E-state index in [1.165, 1.54) is 0 Å². The molecule has 19 heavy (non-hydrogen) atoms. The molecule has 0 aliphatic carbocycles. The lowest BCUT2D eigenvalue weighted by Crippen LogP contribution is -2.53. The smallest absolute Gasteiger partial charge is 0.381 e. The van der Waals surface area contributed by atoms with Crippen molar-refractivity contribution in [3.63, 3.8) is 0 Å². The highest BCUT2D eigenvalue weighted by Crippen LogP contribution is 2.43. The van der Waals surface area contributed by atoms with Gasteiger partial charge in [0.1, 0.15) is 0 Å². The molecule has 1 saturated heterocycles. The molecule has 0 aromatic heterocycles. The van der Waals surface area contributed by atoms with Gasteiger partial charge in [-0.1, -0.05) is 0 Å². The molecule has 1 atom stereocenters. The zero-order valence-corrected chi connectivity index (χ0v) is 10.0. The van der Waals surface area contributed by atoms with Gasteiger partial charge in [0.2, 0.25) is 0 Å². The van der Waals surface area contributed by atoms with Gasteiger partial charge in [-0.2, -0.15) is 26.3 Å². The number of ether oxygens (including phenoxy) is 1. The summed E-state index contributed by atoms with van der Waals surface area (Å²) in [4.78, 5) is 0.